The van der Waals surface area contributed by atoms with Crippen LogP contribution in [0.15, 0.2) is 41.4 Å². The molecule has 0 saturated heterocycles. The highest BCUT2D eigenvalue weighted by Gasteiger charge is 2.17. The SMILES string of the molecule is CNC(=O)N(C=Nc1cccc(Cl)c1Cl)c1cccc(Cl)c1Cl. The number of nitrogens with one attached hydrogen (secondary N) is 1. The lowest BCUT2D eigenvalue weighted by Gasteiger charge is -2.19. The standard InChI is InChI=1S/C15H11Cl4N3O/c1-20-15(23)22(12-7-3-5-10(17)14(12)19)8-21-11-6-2-4-9(16)13(11)18/h2-8H,1H3,(H,20,23). The maximum Gasteiger partial charge on any atom is 0.327 e. The second kappa shape index (κ2) is 7.88. The van der Waals surface area contributed by atoms with Crippen molar-refractivity contribution >= 4 is 70.1 Å². The number of anilines is 1. The van der Waals surface area contributed by atoms with E-state index < -0.39 is 6.03 Å². The smallest absolute Gasteiger partial charge is 0.327 e. The average Bonchev–Trinajstić information content (AvgIpc) is 2.54. The van der Waals surface area contributed by atoms with Gasteiger partial charge in [0.1, 0.15) is 6.34 Å². The van der Waals surface area contributed by atoms with Crippen molar-refractivity contribution in [2.75, 3.05) is 11.9 Å². The van der Waals surface area contributed by atoms with Crippen molar-refractivity contribution in [3.05, 3.63) is 56.5 Å². The van der Waals surface area contributed by atoms with Gasteiger partial charge in [-0.15, -0.1) is 0 Å². The number of carbonyl (C=O) groups excluding carboxylic acids is 1. The molecule has 0 radical (unpaired) electrons. The van der Waals surface area contributed by atoms with Gasteiger partial charge in [-0.05, 0) is 24.3 Å². The van der Waals surface area contributed by atoms with Crippen LogP contribution in [0.4, 0.5) is 16.2 Å². The van der Waals surface area contributed by atoms with Crippen molar-refractivity contribution < 1.29 is 4.79 Å². The van der Waals surface area contributed by atoms with Crippen LogP contribution in [0, 0.1) is 0 Å². The summed E-state index contributed by atoms with van der Waals surface area (Å²) in [6.45, 7) is 0. The summed E-state index contributed by atoms with van der Waals surface area (Å²) in [7, 11) is 1.49. The number of carbonyl (C=O) groups is 1. The van der Waals surface area contributed by atoms with Crippen molar-refractivity contribution in [1.29, 1.82) is 0 Å². The van der Waals surface area contributed by atoms with Crippen molar-refractivity contribution in [1.82, 2.24) is 5.32 Å². The molecule has 0 spiro atoms. The number of aliphatic imine (C=N–C) groups is 1. The molecule has 0 aliphatic carbocycles. The minimum atomic E-state index is -0.434. The van der Waals surface area contributed by atoms with E-state index in [1.54, 1.807) is 36.4 Å². The highest BCUT2D eigenvalue weighted by Crippen LogP contribution is 2.34. The molecule has 0 atom stereocenters. The Morgan fingerprint density at radius 3 is 2.30 bits per heavy atom. The third-order valence-corrected chi connectivity index (χ3v) is 4.48. The lowest BCUT2D eigenvalue weighted by molar-refractivity contribution is 0.251. The van der Waals surface area contributed by atoms with Gasteiger partial charge in [-0.2, -0.15) is 0 Å². The second-order valence-corrected chi connectivity index (χ2v) is 5.89. The minimum absolute atomic E-state index is 0.237. The van der Waals surface area contributed by atoms with Gasteiger partial charge in [0, 0.05) is 7.05 Å². The molecule has 0 heterocycles. The van der Waals surface area contributed by atoms with Crippen molar-refractivity contribution in [3.63, 3.8) is 0 Å². The highest BCUT2D eigenvalue weighted by atomic mass is 35.5. The van der Waals surface area contributed by atoms with Gasteiger partial charge in [-0.25, -0.2) is 9.79 Å². The Morgan fingerprint density at radius 2 is 1.65 bits per heavy atom. The maximum absolute atomic E-state index is 12.1. The molecule has 2 rings (SSSR count). The topological polar surface area (TPSA) is 44.7 Å². The molecule has 2 aromatic carbocycles. The number of hydrogen-bond donors (Lipinski definition) is 1. The van der Waals surface area contributed by atoms with E-state index in [4.69, 9.17) is 46.4 Å². The number of hydrogen-bond acceptors (Lipinski definition) is 2. The molecule has 0 saturated carbocycles. The Morgan fingerprint density at radius 1 is 1.04 bits per heavy atom. The molecule has 1 N–H and O–H groups in total. The van der Waals surface area contributed by atoms with Gasteiger partial charge >= 0.3 is 6.03 Å². The summed E-state index contributed by atoms with van der Waals surface area (Å²) in [5.41, 5.74) is 0.812. The highest BCUT2D eigenvalue weighted by molar-refractivity contribution is 6.44. The van der Waals surface area contributed by atoms with Crippen LogP contribution >= 0.6 is 46.4 Å². The average molecular weight is 391 g/mol. The van der Waals surface area contributed by atoms with E-state index in [2.05, 4.69) is 10.3 Å². The number of halogens is 4. The normalized spacial score (nSPS) is 10.8. The summed E-state index contributed by atoms with van der Waals surface area (Å²) in [6.07, 6.45) is 1.30. The van der Waals surface area contributed by atoms with Crippen LogP contribution in [-0.2, 0) is 0 Å². The summed E-state index contributed by atoms with van der Waals surface area (Å²) in [5, 5.41) is 3.73. The lowest BCUT2D eigenvalue weighted by Crippen LogP contribution is -2.37. The van der Waals surface area contributed by atoms with Gasteiger partial charge in [-0.1, -0.05) is 58.5 Å². The fourth-order valence-electron chi connectivity index (χ4n) is 1.74. The Balaban J connectivity index is 2.44. The third-order valence-electron chi connectivity index (χ3n) is 2.87. The molecule has 0 aromatic heterocycles. The Labute approximate surface area is 153 Å². The van der Waals surface area contributed by atoms with Gasteiger partial charge < -0.3 is 5.32 Å². The maximum atomic E-state index is 12.1. The van der Waals surface area contributed by atoms with Crippen LogP contribution < -0.4 is 10.2 Å². The molecule has 0 aliphatic heterocycles. The van der Waals surface area contributed by atoms with Crippen LogP contribution in [0.1, 0.15) is 0 Å². The summed E-state index contributed by atoms with van der Waals surface area (Å²) in [4.78, 5) is 17.5. The molecule has 2 aromatic rings. The van der Waals surface area contributed by atoms with Crippen molar-refractivity contribution in [3.8, 4) is 0 Å². The quantitative estimate of drug-likeness (QED) is 0.521. The summed E-state index contributed by atoms with van der Waals surface area (Å²) in [6, 6.07) is 9.54. The monoisotopic (exact) mass is 389 g/mol. The number of urea groups is 1. The van der Waals surface area contributed by atoms with Crippen molar-refractivity contribution in [2.45, 2.75) is 0 Å². The van der Waals surface area contributed by atoms with E-state index in [1.807, 2.05) is 0 Å². The fraction of sp³-hybridized carbons (Fsp3) is 0.0667. The van der Waals surface area contributed by atoms with Crippen molar-refractivity contribution in [2.24, 2.45) is 4.99 Å². The third kappa shape index (κ3) is 4.09. The zero-order chi connectivity index (χ0) is 17.0. The van der Waals surface area contributed by atoms with Gasteiger partial charge in [-0.3, -0.25) is 4.90 Å². The minimum Gasteiger partial charge on any atom is -0.340 e. The molecule has 120 valence electrons. The van der Waals surface area contributed by atoms with Gasteiger partial charge in [0.15, 0.2) is 0 Å². The van der Waals surface area contributed by atoms with Crippen LogP contribution in [0.3, 0.4) is 0 Å². The van der Waals surface area contributed by atoms with E-state index in [-0.39, 0.29) is 5.02 Å². The zero-order valence-electron chi connectivity index (χ0n) is 11.9. The lowest BCUT2D eigenvalue weighted by atomic mass is 10.3. The van der Waals surface area contributed by atoms with E-state index in [0.29, 0.717) is 26.4 Å². The molecule has 2 amide bonds. The number of nitrogens with zero attached hydrogens (tertiary/aromatic N) is 2. The molecular weight excluding hydrogens is 380 g/mol. The van der Waals surface area contributed by atoms with E-state index >= 15 is 0 Å². The first-order chi connectivity index (χ1) is 11.0. The summed E-state index contributed by atoms with van der Waals surface area (Å²) >= 11 is 24.2. The number of benzene rings is 2. The first kappa shape index (κ1) is 17.9. The number of amides is 2. The predicted octanol–water partition coefficient (Wildman–Crippen LogP) is 5.81. The predicted molar refractivity (Wildman–Crippen MR) is 98.0 cm³/mol. The van der Waals surface area contributed by atoms with E-state index in [1.165, 1.54) is 18.3 Å². The Kier molecular flexibility index (Phi) is 6.13. The van der Waals surface area contributed by atoms with Crippen LogP contribution in [0.5, 0.6) is 0 Å². The molecule has 0 aliphatic rings. The summed E-state index contributed by atoms with van der Waals surface area (Å²) in [5.74, 6) is 0. The number of rotatable bonds is 3. The molecule has 0 unspecified atom stereocenters. The molecular formula is C15H11Cl4N3O. The second-order valence-electron chi connectivity index (χ2n) is 4.32. The summed E-state index contributed by atoms with van der Waals surface area (Å²) < 4.78 is 0. The van der Waals surface area contributed by atoms with E-state index in [9.17, 15) is 4.79 Å². The first-order valence-corrected chi connectivity index (χ1v) is 7.90. The van der Waals surface area contributed by atoms with E-state index in [0.717, 1.165) is 0 Å². The van der Waals surface area contributed by atoms with Crippen LogP contribution in [-0.4, -0.2) is 19.4 Å². The first-order valence-electron chi connectivity index (χ1n) is 6.39. The largest absolute Gasteiger partial charge is 0.340 e. The molecule has 0 fully saturated rings. The molecule has 0 bridgehead atoms. The fourth-order valence-corrected chi connectivity index (χ4v) is 2.47. The molecule has 4 nitrogen and oxygen atoms in total. The van der Waals surface area contributed by atoms with Gasteiger partial charge in [0.2, 0.25) is 0 Å². The molecule has 23 heavy (non-hydrogen) atoms. The Bertz CT molecular complexity index is 764. The van der Waals surface area contributed by atoms with Crippen LogP contribution in [0.25, 0.3) is 0 Å². The Hall–Kier alpha value is -1.46. The van der Waals surface area contributed by atoms with Gasteiger partial charge in [0.25, 0.3) is 0 Å². The van der Waals surface area contributed by atoms with Crippen LogP contribution in [0.2, 0.25) is 20.1 Å². The zero-order valence-corrected chi connectivity index (χ0v) is 14.9. The van der Waals surface area contributed by atoms with Gasteiger partial charge in [0.05, 0.1) is 31.5 Å². The molecule has 8 heteroatoms.